The van der Waals surface area contributed by atoms with Crippen LogP contribution in [-0.2, 0) is 0 Å². The fourth-order valence-electron chi connectivity index (χ4n) is 3.23. The standard InChI is InChI=1S/C17H24O/c1-11(13-7-8-13)15-5-4-6-16(17(15)18-3)12(2)14-9-10-14/h4-6,11-14H,7-10H2,1-3H3/t11-,12-/m1/s1. The maximum atomic E-state index is 5.77. The van der Waals surface area contributed by atoms with Crippen LogP contribution in [-0.4, -0.2) is 7.11 Å². The average molecular weight is 244 g/mol. The minimum atomic E-state index is 0.659. The monoisotopic (exact) mass is 244 g/mol. The molecular weight excluding hydrogens is 220 g/mol. The maximum Gasteiger partial charge on any atom is 0.125 e. The summed E-state index contributed by atoms with van der Waals surface area (Å²) in [5.41, 5.74) is 2.87. The number of hydrogen-bond donors (Lipinski definition) is 0. The van der Waals surface area contributed by atoms with Crippen LogP contribution in [0.4, 0.5) is 0 Å². The van der Waals surface area contributed by atoms with Gasteiger partial charge in [0.05, 0.1) is 7.11 Å². The molecule has 0 bridgehead atoms. The van der Waals surface area contributed by atoms with E-state index in [9.17, 15) is 0 Å². The Bertz CT molecular complexity index is 393. The van der Waals surface area contributed by atoms with Crippen LogP contribution in [0.2, 0.25) is 0 Å². The SMILES string of the molecule is COc1c([C@H](C)C2CC2)cccc1[C@H](C)C1CC1. The molecule has 0 unspecified atom stereocenters. The van der Waals surface area contributed by atoms with E-state index in [0.29, 0.717) is 11.8 Å². The van der Waals surface area contributed by atoms with Gasteiger partial charge in [0.25, 0.3) is 0 Å². The molecule has 0 spiro atoms. The first-order valence-corrected chi connectivity index (χ1v) is 7.39. The highest BCUT2D eigenvalue weighted by molar-refractivity contribution is 5.46. The molecule has 0 aromatic heterocycles. The van der Waals surface area contributed by atoms with Gasteiger partial charge in [-0.25, -0.2) is 0 Å². The number of methoxy groups -OCH3 is 1. The third kappa shape index (κ3) is 2.15. The smallest absolute Gasteiger partial charge is 0.125 e. The van der Waals surface area contributed by atoms with Gasteiger partial charge in [0.15, 0.2) is 0 Å². The molecule has 0 heterocycles. The Balaban J connectivity index is 1.95. The van der Waals surface area contributed by atoms with Gasteiger partial charge in [-0.05, 0) is 60.5 Å². The minimum Gasteiger partial charge on any atom is -0.496 e. The van der Waals surface area contributed by atoms with Gasteiger partial charge in [0.2, 0.25) is 0 Å². The van der Waals surface area contributed by atoms with Crippen molar-refractivity contribution in [3.8, 4) is 5.75 Å². The molecule has 98 valence electrons. The summed E-state index contributed by atoms with van der Waals surface area (Å²) < 4.78 is 5.77. The molecule has 1 nitrogen and oxygen atoms in total. The molecule has 2 aliphatic rings. The van der Waals surface area contributed by atoms with Gasteiger partial charge < -0.3 is 4.74 Å². The Morgan fingerprint density at radius 1 is 0.944 bits per heavy atom. The molecule has 1 aromatic rings. The number of hydrogen-bond acceptors (Lipinski definition) is 1. The summed E-state index contributed by atoms with van der Waals surface area (Å²) in [5.74, 6) is 4.28. The maximum absolute atomic E-state index is 5.77. The minimum absolute atomic E-state index is 0.659. The third-order valence-electron chi connectivity index (χ3n) is 4.92. The second kappa shape index (κ2) is 4.60. The van der Waals surface area contributed by atoms with Gasteiger partial charge in [-0.3, -0.25) is 0 Å². The van der Waals surface area contributed by atoms with Crippen molar-refractivity contribution in [1.29, 1.82) is 0 Å². The van der Waals surface area contributed by atoms with Crippen molar-refractivity contribution in [2.24, 2.45) is 11.8 Å². The fraction of sp³-hybridized carbons (Fsp3) is 0.647. The third-order valence-corrected chi connectivity index (χ3v) is 4.92. The van der Waals surface area contributed by atoms with Crippen LogP contribution >= 0.6 is 0 Å². The number of benzene rings is 1. The van der Waals surface area contributed by atoms with E-state index < -0.39 is 0 Å². The van der Waals surface area contributed by atoms with E-state index in [1.165, 1.54) is 42.6 Å². The molecule has 0 amide bonds. The molecule has 0 aliphatic heterocycles. The van der Waals surface area contributed by atoms with Gasteiger partial charge in [-0.15, -0.1) is 0 Å². The molecule has 2 atom stereocenters. The normalized spacial score (nSPS) is 22.6. The molecule has 1 heteroatoms. The Morgan fingerprint density at radius 3 is 1.72 bits per heavy atom. The van der Waals surface area contributed by atoms with E-state index in [-0.39, 0.29) is 0 Å². The lowest BCUT2D eigenvalue weighted by Gasteiger charge is -2.21. The summed E-state index contributed by atoms with van der Waals surface area (Å²) in [5, 5.41) is 0. The van der Waals surface area contributed by atoms with Crippen LogP contribution in [0.25, 0.3) is 0 Å². The van der Waals surface area contributed by atoms with Crippen LogP contribution in [0.1, 0.15) is 62.5 Å². The Hall–Kier alpha value is -0.980. The largest absolute Gasteiger partial charge is 0.496 e. The van der Waals surface area contributed by atoms with Crippen molar-refractivity contribution in [3.05, 3.63) is 29.3 Å². The summed E-state index contributed by atoms with van der Waals surface area (Å²) in [6.45, 7) is 4.72. The predicted molar refractivity (Wildman–Crippen MR) is 75.3 cm³/mol. The lowest BCUT2D eigenvalue weighted by Crippen LogP contribution is -2.05. The average Bonchev–Trinajstić information content (AvgIpc) is 3.27. The quantitative estimate of drug-likeness (QED) is 0.728. The van der Waals surface area contributed by atoms with Crippen LogP contribution in [0.3, 0.4) is 0 Å². The molecule has 0 saturated heterocycles. The highest BCUT2D eigenvalue weighted by Crippen LogP contribution is 2.49. The molecule has 18 heavy (non-hydrogen) atoms. The second-order valence-corrected chi connectivity index (χ2v) is 6.22. The summed E-state index contributed by atoms with van der Waals surface area (Å²) in [4.78, 5) is 0. The zero-order valence-corrected chi connectivity index (χ0v) is 11.8. The topological polar surface area (TPSA) is 9.23 Å². The fourth-order valence-corrected chi connectivity index (χ4v) is 3.23. The highest BCUT2D eigenvalue weighted by Gasteiger charge is 2.34. The van der Waals surface area contributed by atoms with E-state index >= 15 is 0 Å². The van der Waals surface area contributed by atoms with Crippen molar-refractivity contribution >= 4 is 0 Å². The van der Waals surface area contributed by atoms with Gasteiger partial charge in [-0.1, -0.05) is 32.0 Å². The summed E-state index contributed by atoms with van der Waals surface area (Å²) in [6, 6.07) is 6.76. The summed E-state index contributed by atoms with van der Waals surface area (Å²) >= 11 is 0. The number of rotatable bonds is 5. The lowest BCUT2D eigenvalue weighted by molar-refractivity contribution is 0.394. The van der Waals surface area contributed by atoms with Crippen LogP contribution in [0.5, 0.6) is 5.75 Å². The van der Waals surface area contributed by atoms with Crippen LogP contribution in [0.15, 0.2) is 18.2 Å². The van der Waals surface area contributed by atoms with Crippen molar-refractivity contribution in [2.75, 3.05) is 7.11 Å². The van der Waals surface area contributed by atoms with Crippen molar-refractivity contribution in [2.45, 2.75) is 51.4 Å². The van der Waals surface area contributed by atoms with Crippen LogP contribution in [0, 0.1) is 11.8 Å². The second-order valence-electron chi connectivity index (χ2n) is 6.22. The number of para-hydroxylation sites is 1. The molecule has 1 aromatic carbocycles. The Labute approximate surface area is 111 Å². The zero-order chi connectivity index (χ0) is 12.7. The molecule has 0 radical (unpaired) electrons. The summed E-state index contributed by atoms with van der Waals surface area (Å²) in [7, 11) is 1.83. The molecule has 2 aliphatic carbocycles. The molecule has 0 N–H and O–H groups in total. The number of ether oxygens (including phenoxy) is 1. The molecule has 3 rings (SSSR count). The van der Waals surface area contributed by atoms with Gasteiger partial charge in [0.1, 0.15) is 5.75 Å². The van der Waals surface area contributed by atoms with E-state index in [1.54, 1.807) is 0 Å². The predicted octanol–water partition coefficient (Wildman–Crippen LogP) is 4.72. The van der Waals surface area contributed by atoms with E-state index in [0.717, 1.165) is 11.8 Å². The lowest BCUT2D eigenvalue weighted by atomic mass is 9.88. The van der Waals surface area contributed by atoms with Gasteiger partial charge in [-0.2, -0.15) is 0 Å². The Kier molecular flexibility index (Phi) is 3.09. The van der Waals surface area contributed by atoms with E-state index in [2.05, 4.69) is 32.0 Å². The van der Waals surface area contributed by atoms with Crippen molar-refractivity contribution in [1.82, 2.24) is 0 Å². The van der Waals surface area contributed by atoms with Crippen molar-refractivity contribution in [3.63, 3.8) is 0 Å². The van der Waals surface area contributed by atoms with Gasteiger partial charge >= 0.3 is 0 Å². The first kappa shape index (κ1) is 12.1. The summed E-state index contributed by atoms with van der Waals surface area (Å²) in [6.07, 6.45) is 5.58. The molecule has 2 saturated carbocycles. The Morgan fingerprint density at radius 2 is 1.39 bits per heavy atom. The zero-order valence-electron chi connectivity index (χ0n) is 11.8. The highest BCUT2D eigenvalue weighted by atomic mass is 16.5. The first-order chi connectivity index (χ1) is 8.72. The van der Waals surface area contributed by atoms with Crippen molar-refractivity contribution < 1.29 is 4.74 Å². The van der Waals surface area contributed by atoms with E-state index in [4.69, 9.17) is 4.74 Å². The first-order valence-electron chi connectivity index (χ1n) is 7.39. The van der Waals surface area contributed by atoms with Crippen LogP contribution < -0.4 is 4.74 Å². The van der Waals surface area contributed by atoms with E-state index in [1.807, 2.05) is 7.11 Å². The molecular formula is C17H24O. The molecule has 2 fully saturated rings. The van der Waals surface area contributed by atoms with Gasteiger partial charge in [0, 0.05) is 0 Å².